The third kappa shape index (κ3) is 5.81. The van der Waals surface area contributed by atoms with Crippen molar-refractivity contribution >= 4 is 74.5 Å². The first-order chi connectivity index (χ1) is 14.7. The Morgan fingerprint density at radius 1 is 1.19 bits per heavy atom. The van der Waals surface area contributed by atoms with Crippen LogP contribution in [0, 0.1) is 20.8 Å². The molecule has 0 saturated carbocycles. The number of nitrogens with zero attached hydrogens (tertiary/aromatic N) is 1. The molecular weight excluding hydrogens is 495 g/mol. The number of thioether (sulfide) groups is 1. The second-order valence-electron chi connectivity index (χ2n) is 6.72. The van der Waals surface area contributed by atoms with Crippen molar-refractivity contribution in [1.82, 2.24) is 4.98 Å². The van der Waals surface area contributed by atoms with Gasteiger partial charge in [0.2, 0.25) is 5.91 Å². The first-order valence-electron chi connectivity index (χ1n) is 9.20. The molecule has 0 unspecified atom stereocenters. The Kier molecular flexibility index (Phi) is 8.04. The maximum atomic E-state index is 12.5. The number of benzene rings is 1. The molecule has 1 N–H and O–H groups in total. The number of carbonyl (C=O) groups excluding carboxylic acids is 2. The molecule has 10 heteroatoms. The van der Waals surface area contributed by atoms with Crippen LogP contribution in [0.4, 0.5) is 5.00 Å². The highest BCUT2D eigenvalue weighted by molar-refractivity contribution is 8.01. The van der Waals surface area contributed by atoms with Crippen molar-refractivity contribution in [2.45, 2.75) is 31.5 Å². The van der Waals surface area contributed by atoms with E-state index in [0.717, 1.165) is 30.9 Å². The number of hydrogen-bond acceptors (Lipinski definition) is 7. The van der Waals surface area contributed by atoms with Crippen molar-refractivity contribution in [3.05, 3.63) is 60.4 Å². The van der Waals surface area contributed by atoms with Gasteiger partial charge in [0, 0.05) is 26.2 Å². The fourth-order valence-corrected chi connectivity index (χ4v) is 6.33. The first-order valence-corrected chi connectivity index (χ1v) is 12.6. The van der Waals surface area contributed by atoms with Crippen LogP contribution < -0.4 is 5.32 Å². The van der Waals surface area contributed by atoms with Crippen molar-refractivity contribution in [3.8, 4) is 0 Å². The molecule has 0 atom stereocenters. The van der Waals surface area contributed by atoms with Gasteiger partial charge in [-0.25, -0.2) is 9.78 Å². The molecule has 3 aromatic rings. The van der Waals surface area contributed by atoms with Gasteiger partial charge in [0.25, 0.3) is 0 Å². The van der Waals surface area contributed by atoms with E-state index in [-0.39, 0.29) is 11.7 Å². The maximum Gasteiger partial charge on any atom is 0.341 e. The summed E-state index contributed by atoms with van der Waals surface area (Å²) in [6, 6.07) is 5.40. The lowest BCUT2D eigenvalue weighted by Crippen LogP contribution is -2.16. The van der Waals surface area contributed by atoms with E-state index < -0.39 is 5.97 Å². The molecule has 31 heavy (non-hydrogen) atoms. The van der Waals surface area contributed by atoms with E-state index in [9.17, 15) is 9.59 Å². The standard InChI is InChI=1S/C21H20Cl2N2O3S3/c1-10-12(3)30-19(18(10)20(27)28-4)25-17(26)9-29-21-24-11(2)16(31-21)8-13-7-14(22)5-6-15(13)23/h5-7H,8-9H2,1-4H3,(H,25,26). The number of aromatic nitrogens is 1. The third-order valence-electron chi connectivity index (χ3n) is 4.59. The lowest BCUT2D eigenvalue weighted by Gasteiger charge is -2.05. The lowest BCUT2D eigenvalue weighted by atomic mass is 10.1. The minimum Gasteiger partial charge on any atom is -0.465 e. The number of nitrogens with one attached hydrogen (secondary N) is 1. The Balaban J connectivity index is 1.65. The first kappa shape index (κ1) is 24.1. The molecule has 164 valence electrons. The molecule has 0 aliphatic carbocycles. The molecule has 1 aromatic carbocycles. The number of rotatable bonds is 7. The zero-order valence-electron chi connectivity index (χ0n) is 17.3. The summed E-state index contributed by atoms with van der Waals surface area (Å²) in [5, 5.41) is 4.65. The molecule has 0 aliphatic rings. The highest BCUT2D eigenvalue weighted by atomic mass is 35.5. The van der Waals surface area contributed by atoms with Crippen LogP contribution in [0.1, 0.15) is 36.9 Å². The van der Waals surface area contributed by atoms with Gasteiger partial charge in [-0.1, -0.05) is 35.0 Å². The smallest absolute Gasteiger partial charge is 0.341 e. The molecule has 0 aliphatic heterocycles. The second-order valence-corrected chi connectivity index (χ2v) is 11.1. The average molecular weight is 516 g/mol. The van der Waals surface area contributed by atoms with Crippen LogP contribution in [0.2, 0.25) is 10.0 Å². The molecule has 0 spiro atoms. The highest BCUT2D eigenvalue weighted by Gasteiger charge is 2.22. The molecule has 0 saturated heterocycles. The van der Waals surface area contributed by atoms with Crippen molar-refractivity contribution in [3.63, 3.8) is 0 Å². The summed E-state index contributed by atoms with van der Waals surface area (Å²) < 4.78 is 5.65. The predicted molar refractivity (Wildman–Crippen MR) is 131 cm³/mol. The van der Waals surface area contributed by atoms with E-state index in [2.05, 4.69) is 10.3 Å². The number of hydrogen-bond donors (Lipinski definition) is 1. The van der Waals surface area contributed by atoms with Crippen LogP contribution in [0.5, 0.6) is 0 Å². The Morgan fingerprint density at radius 2 is 1.94 bits per heavy atom. The number of esters is 1. The van der Waals surface area contributed by atoms with E-state index in [1.54, 1.807) is 12.1 Å². The average Bonchev–Trinajstić information content (AvgIpc) is 3.21. The summed E-state index contributed by atoms with van der Waals surface area (Å²) >= 11 is 16.6. The summed E-state index contributed by atoms with van der Waals surface area (Å²) in [5.74, 6) is -0.477. The van der Waals surface area contributed by atoms with E-state index in [1.807, 2.05) is 26.8 Å². The van der Waals surface area contributed by atoms with E-state index >= 15 is 0 Å². The van der Waals surface area contributed by atoms with Gasteiger partial charge in [0.15, 0.2) is 4.34 Å². The summed E-state index contributed by atoms with van der Waals surface area (Å²) in [4.78, 5) is 31.2. The van der Waals surface area contributed by atoms with E-state index in [1.165, 1.54) is 41.5 Å². The third-order valence-corrected chi connectivity index (χ3v) is 8.61. The van der Waals surface area contributed by atoms with E-state index in [0.29, 0.717) is 27.0 Å². The van der Waals surface area contributed by atoms with Crippen molar-refractivity contribution in [1.29, 1.82) is 0 Å². The van der Waals surface area contributed by atoms with Gasteiger partial charge in [0.05, 0.1) is 24.1 Å². The fourth-order valence-electron chi connectivity index (χ4n) is 2.83. The Hall–Kier alpha value is -1.58. The van der Waals surface area contributed by atoms with Crippen LogP contribution in [-0.2, 0) is 16.0 Å². The van der Waals surface area contributed by atoms with Gasteiger partial charge < -0.3 is 10.1 Å². The molecule has 0 radical (unpaired) electrons. The number of carbonyl (C=O) groups is 2. The molecule has 3 rings (SSSR count). The number of methoxy groups -OCH3 is 1. The number of aryl methyl sites for hydroxylation is 2. The summed E-state index contributed by atoms with van der Waals surface area (Å²) in [5.41, 5.74) is 3.07. The number of thiophene rings is 1. The Labute approximate surface area is 203 Å². The van der Waals surface area contributed by atoms with Crippen LogP contribution in [0.25, 0.3) is 0 Å². The predicted octanol–water partition coefficient (Wildman–Crippen LogP) is 6.54. The molecule has 2 heterocycles. The number of ether oxygens (including phenoxy) is 1. The van der Waals surface area contributed by atoms with Gasteiger partial charge in [-0.15, -0.1) is 22.7 Å². The largest absolute Gasteiger partial charge is 0.465 e. The zero-order valence-corrected chi connectivity index (χ0v) is 21.3. The van der Waals surface area contributed by atoms with Gasteiger partial charge >= 0.3 is 5.97 Å². The number of thiazole rings is 1. The van der Waals surface area contributed by atoms with Crippen molar-refractivity contribution < 1.29 is 14.3 Å². The normalized spacial score (nSPS) is 10.9. The molecule has 0 fully saturated rings. The summed E-state index contributed by atoms with van der Waals surface area (Å²) in [6.07, 6.45) is 0.631. The Morgan fingerprint density at radius 3 is 2.65 bits per heavy atom. The van der Waals surface area contributed by atoms with Crippen molar-refractivity contribution in [2.24, 2.45) is 0 Å². The zero-order chi connectivity index (χ0) is 22.7. The van der Waals surface area contributed by atoms with Crippen LogP contribution in [-0.4, -0.2) is 29.7 Å². The van der Waals surface area contributed by atoms with Gasteiger partial charge in [0.1, 0.15) is 5.00 Å². The van der Waals surface area contributed by atoms with E-state index in [4.69, 9.17) is 27.9 Å². The SMILES string of the molecule is COC(=O)c1c(NC(=O)CSc2nc(C)c(Cc3cc(Cl)ccc3Cl)s2)sc(C)c1C. The topological polar surface area (TPSA) is 68.3 Å². The van der Waals surface area contributed by atoms with Crippen LogP contribution >= 0.6 is 57.6 Å². The molecular formula is C21H20Cl2N2O3S3. The minimum absolute atomic E-state index is 0.181. The van der Waals surface area contributed by atoms with Gasteiger partial charge in [-0.3, -0.25) is 4.79 Å². The number of amides is 1. The summed E-state index contributed by atoms with van der Waals surface area (Å²) in [6.45, 7) is 5.69. The molecule has 1 amide bonds. The van der Waals surface area contributed by atoms with Gasteiger partial charge in [-0.2, -0.15) is 0 Å². The van der Waals surface area contributed by atoms with Crippen LogP contribution in [0.15, 0.2) is 22.5 Å². The highest BCUT2D eigenvalue weighted by Crippen LogP contribution is 2.34. The minimum atomic E-state index is -0.454. The van der Waals surface area contributed by atoms with Crippen molar-refractivity contribution in [2.75, 3.05) is 18.2 Å². The van der Waals surface area contributed by atoms with Gasteiger partial charge in [-0.05, 0) is 50.1 Å². The Bertz CT molecular complexity index is 1140. The lowest BCUT2D eigenvalue weighted by molar-refractivity contribution is -0.113. The maximum absolute atomic E-state index is 12.5. The number of halogens is 2. The number of anilines is 1. The summed E-state index contributed by atoms with van der Waals surface area (Å²) in [7, 11) is 1.33. The quantitative estimate of drug-likeness (QED) is 0.286. The monoisotopic (exact) mass is 514 g/mol. The fraction of sp³-hybridized carbons (Fsp3) is 0.286. The van der Waals surface area contributed by atoms with Crippen LogP contribution in [0.3, 0.4) is 0 Å². The second kappa shape index (κ2) is 10.4. The molecule has 0 bridgehead atoms. The molecule has 5 nitrogen and oxygen atoms in total. The molecule has 2 aromatic heterocycles.